The molecule has 1 aliphatic heterocycles. The Hall–Kier alpha value is -1.16. The van der Waals surface area contributed by atoms with Crippen LogP contribution in [0.2, 0.25) is 0 Å². The van der Waals surface area contributed by atoms with Gasteiger partial charge in [-0.15, -0.1) is 0 Å². The zero-order valence-electron chi connectivity index (χ0n) is 10.4. The third kappa shape index (κ3) is 2.57. The Bertz CT molecular complexity index is 372. The van der Waals surface area contributed by atoms with Crippen molar-refractivity contribution in [2.45, 2.75) is 44.7 Å². The first-order valence-electron chi connectivity index (χ1n) is 6.61. The van der Waals surface area contributed by atoms with E-state index < -0.39 is 0 Å². The van der Waals surface area contributed by atoms with Crippen molar-refractivity contribution in [2.24, 2.45) is 0 Å². The molecule has 1 aromatic rings. The summed E-state index contributed by atoms with van der Waals surface area (Å²) in [6, 6.07) is 1.37. The molecule has 2 fully saturated rings. The molecule has 1 N–H and O–H groups in total. The molecule has 4 heteroatoms. The van der Waals surface area contributed by atoms with Crippen molar-refractivity contribution in [1.82, 2.24) is 15.3 Å². The van der Waals surface area contributed by atoms with Crippen molar-refractivity contribution >= 4 is 5.95 Å². The van der Waals surface area contributed by atoms with Crippen molar-refractivity contribution in [3.05, 3.63) is 18.0 Å². The minimum absolute atomic E-state index is 0.582. The monoisotopic (exact) mass is 232 g/mol. The minimum Gasteiger partial charge on any atom is -0.337 e. The molecule has 4 nitrogen and oxygen atoms in total. The Balaban J connectivity index is 1.65. The van der Waals surface area contributed by atoms with Crippen molar-refractivity contribution in [3.63, 3.8) is 0 Å². The van der Waals surface area contributed by atoms with Crippen LogP contribution in [0.4, 0.5) is 5.95 Å². The van der Waals surface area contributed by atoms with E-state index in [2.05, 4.69) is 20.2 Å². The Morgan fingerprint density at radius 1 is 1.29 bits per heavy atom. The fourth-order valence-electron chi connectivity index (χ4n) is 2.44. The van der Waals surface area contributed by atoms with E-state index in [1.54, 1.807) is 0 Å². The number of hydrogen-bond donors (Lipinski definition) is 1. The normalized spacial score (nSPS) is 24.3. The summed E-state index contributed by atoms with van der Waals surface area (Å²) in [5.41, 5.74) is 1.13. The number of nitrogens with zero attached hydrogens (tertiary/aromatic N) is 3. The van der Waals surface area contributed by atoms with Crippen molar-refractivity contribution < 1.29 is 0 Å². The minimum atomic E-state index is 0.582. The first-order chi connectivity index (χ1) is 8.33. The molecule has 3 rings (SSSR count). The molecule has 2 heterocycles. The zero-order valence-corrected chi connectivity index (χ0v) is 10.4. The SMILES string of the molecule is Cc1cnc(N2CCCC2CNC2CC2)nc1. The molecular formula is C13H20N4. The number of aryl methyl sites for hydroxylation is 1. The lowest BCUT2D eigenvalue weighted by atomic mass is 10.2. The second-order valence-corrected chi connectivity index (χ2v) is 5.23. The van der Waals surface area contributed by atoms with Gasteiger partial charge in [0, 0.05) is 37.6 Å². The van der Waals surface area contributed by atoms with Crippen LogP contribution in [0.3, 0.4) is 0 Å². The first kappa shape index (κ1) is 11.0. The highest BCUT2D eigenvalue weighted by Gasteiger charge is 2.28. The van der Waals surface area contributed by atoms with Gasteiger partial charge in [-0.1, -0.05) is 0 Å². The average molecular weight is 232 g/mol. The third-order valence-corrected chi connectivity index (χ3v) is 3.62. The summed E-state index contributed by atoms with van der Waals surface area (Å²) in [5, 5.41) is 3.61. The van der Waals surface area contributed by atoms with Crippen LogP contribution in [-0.2, 0) is 0 Å². The van der Waals surface area contributed by atoms with E-state index in [0.29, 0.717) is 6.04 Å². The van der Waals surface area contributed by atoms with Gasteiger partial charge in [0.2, 0.25) is 5.95 Å². The summed E-state index contributed by atoms with van der Waals surface area (Å²) in [6.45, 7) is 4.21. The molecule has 92 valence electrons. The molecule has 0 aromatic carbocycles. The molecule has 2 aliphatic rings. The zero-order chi connectivity index (χ0) is 11.7. The molecule has 1 aromatic heterocycles. The molecule has 17 heavy (non-hydrogen) atoms. The Labute approximate surface area is 102 Å². The summed E-state index contributed by atoms with van der Waals surface area (Å²) in [4.78, 5) is 11.2. The molecule has 1 saturated carbocycles. The van der Waals surface area contributed by atoms with Gasteiger partial charge in [-0.05, 0) is 38.2 Å². The molecule has 0 radical (unpaired) electrons. The summed E-state index contributed by atoms with van der Waals surface area (Å²) in [6.07, 6.45) is 9.05. The van der Waals surface area contributed by atoms with E-state index in [9.17, 15) is 0 Å². The fourth-order valence-corrected chi connectivity index (χ4v) is 2.44. The van der Waals surface area contributed by atoms with Crippen molar-refractivity contribution in [1.29, 1.82) is 0 Å². The number of rotatable bonds is 4. The standard InChI is InChI=1S/C13H20N4/c1-10-7-15-13(16-8-10)17-6-2-3-12(17)9-14-11-4-5-11/h7-8,11-12,14H,2-6,9H2,1H3. The van der Waals surface area contributed by atoms with Crippen LogP contribution in [0.5, 0.6) is 0 Å². The van der Waals surface area contributed by atoms with Gasteiger partial charge in [-0.2, -0.15) is 0 Å². The lowest BCUT2D eigenvalue weighted by Gasteiger charge is -2.24. The number of nitrogens with one attached hydrogen (secondary N) is 1. The van der Waals surface area contributed by atoms with Crippen LogP contribution in [0.25, 0.3) is 0 Å². The smallest absolute Gasteiger partial charge is 0.225 e. The predicted octanol–water partition coefficient (Wildman–Crippen LogP) is 1.51. The summed E-state index contributed by atoms with van der Waals surface area (Å²) in [7, 11) is 0. The van der Waals surface area contributed by atoms with Gasteiger partial charge in [-0.25, -0.2) is 9.97 Å². The highest BCUT2D eigenvalue weighted by Crippen LogP contribution is 2.24. The Kier molecular flexibility index (Phi) is 2.97. The van der Waals surface area contributed by atoms with Gasteiger partial charge in [0.25, 0.3) is 0 Å². The second-order valence-electron chi connectivity index (χ2n) is 5.23. The molecule has 0 amide bonds. The Morgan fingerprint density at radius 3 is 2.76 bits per heavy atom. The number of hydrogen-bond acceptors (Lipinski definition) is 4. The average Bonchev–Trinajstić information content (AvgIpc) is 3.06. The Morgan fingerprint density at radius 2 is 2.06 bits per heavy atom. The van der Waals surface area contributed by atoms with Crippen LogP contribution < -0.4 is 10.2 Å². The number of aromatic nitrogens is 2. The van der Waals surface area contributed by atoms with Crippen LogP contribution in [0.15, 0.2) is 12.4 Å². The van der Waals surface area contributed by atoms with E-state index in [1.807, 2.05) is 19.3 Å². The van der Waals surface area contributed by atoms with Gasteiger partial charge in [0.1, 0.15) is 0 Å². The topological polar surface area (TPSA) is 41.1 Å². The summed E-state index contributed by atoms with van der Waals surface area (Å²) >= 11 is 0. The maximum atomic E-state index is 4.44. The summed E-state index contributed by atoms with van der Waals surface area (Å²) < 4.78 is 0. The van der Waals surface area contributed by atoms with Crippen LogP contribution in [0.1, 0.15) is 31.2 Å². The van der Waals surface area contributed by atoms with Crippen LogP contribution in [-0.4, -0.2) is 35.1 Å². The largest absolute Gasteiger partial charge is 0.337 e. The molecule has 1 atom stereocenters. The van der Waals surface area contributed by atoms with Crippen LogP contribution >= 0.6 is 0 Å². The van der Waals surface area contributed by atoms with Crippen molar-refractivity contribution in [2.75, 3.05) is 18.0 Å². The molecule has 1 saturated heterocycles. The van der Waals surface area contributed by atoms with Gasteiger partial charge in [0.15, 0.2) is 0 Å². The highest BCUT2D eigenvalue weighted by atomic mass is 15.3. The van der Waals surface area contributed by atoms with Gasteiger partial charge >= 0.3 is 0 Å². The molecule has 1 aliphatic carbocycles. The first-order valence-corrected chi connectivity index (χ1v) is 6.61. The van der Waals surface area contributed by atoms with E-state index in [1.165, 1.54) is 25.7 Å². The van der Waals surface area contributed by atoms with E-state index in [0.717, 1.165) is 30.6 Å². The molecular weight excluding hydrogens is 212 g/mol. The van der Waals surface area contributed by atoms with E-state index in [-0.39, 0.29) is 0 Å². The van der Waals surface area contributed by atoms with Crippen LogP contribution in [0, 0.1) is 6.92 Å². The fraction of sp³-hybridized carbons (Fsp3) is 0.692. The predicted molar refractivity (Wildman–Crippen MR) is 68.2 cm³/mol. The second kappa shape index (κ2) is 4.61. The van der Waals surface area contributed by atoms with E-state index in [4.69, 9.17) is 0 Å². The lowest BCUT2D eigenvalue weighted by molar-refractivity contribution is 0.565. The molecule has 0 bridgehead atoms. The van der Waals surface area contributed by atoms with Gasteiger partial charge in [0.05, 0.1) is 0 Å². The van der Waals surface area contributed by atoms with E-state index >= 15 is 0 Å². The third-order valence-electron chi connectivity index (χ3n) is 3.62. The maximum Gasteiger partial charge on any atom is 0.225 e. The summed E-state index contributed by atoms with van der Waals surface area (Å²) in [5.74, 6) is 0.899. The maximum absolute atomic E-state index is 4.44. The van der Waals surface area contributed by atoms with Crippen molar-refractivity contribution in [3.8, 4) is 0 Å². The highest BCUT2D eigenvalue weighted by molar-refractivity contribution is 5.33. The lowest BCUT2D eigenvalue weighted by Crippen LogP contribution is -2.39. The molecule has 0 spiro atoms. The van der Waals surface area contributed by atoms with Gasteiger partial charge < -0.3 is 10.2 Å². The molecule has 1 unspecified atom stereocenters. The quantitative estimate of drug-likeness (QED) is 0.854. The number of anilines is 1. The van der Waals surface area contributed by atoms with Gasteiger partial charge in [-0.3, -0.25) is 0 Å².